The molecule has 0 radical (unpaired) electrons. The van der Waals surface area contributed by atoms with Crippen molar-refractivity contribution in [1.29, 1.82) is 0 Å². The Morgan fingerprint density at radius 1 is 1.00 bits per heavy atom. The van der Waals surface area contributed by atoms with E-state index in [1.54, 1.807) is 24.3 Å². The topological polar surface area (TPSA) is 46.3 Å². The molecule has 86 valence electrons. The largest absolute Gasteiger partial charge is 0.272 e. The molecule has 2 rings (SSSR count). The van der Waals surface area contributed by atoms with E-state index in [0.29, 0.717) is 11.3 Å². The summed E-state index contributed by atoms with van der Waals surface area (Å²) < 4.78 is 1.09. The van der Waals surface area contributed by atoms with Crippen molar-refractivity contribution < 1.29 is 4.79 Å². The van der Waals surface area contributed by atoms with Gasteiger partial charge in [-0.3, -0.25) is 4.79 Å². The quantitative estimate of drug-likeness (QED) is 0.396. The van der Waals surface area contributed by atoms with E-state index in [0.717, 1.165) is 8.58 Å². The predicted molar refractivity (Wildman–Crippen MR) is 76.6 cm³/mol. The molecule has 4 heteroatoms. The van der Waals surface area contributed by atoms with E-state index in [2.05, 4.69) is 22.6 Å². The minimum absolute atomic E-state index is 0.215. The molecule has 17 heavy (non-hydrogen) atoms. The fourth-order valence-electron chi connectivity index (χ4n) is 1.44. The van der Waals surface area contributed by atoms with Gasteiger partial charge in [0.2, 0.25) is 0 Å². The van der Waals surface area contributed by atoms with Gasteiger partial charge in [0.15, 0.2) is 0 Å². The Morgan fingerprint density at radius 3 is 2.18 bits per heavy atom. The maximum absolute atomic E-state index is 12.1. The Hall–Kier alpha value is -1.40. The third kappa shape index (κ3) is 2.83. The Kier molecular flexibility index (Phi) is 3.75. The smallest absolute Gasteiger partial charge is 0.267 e. The summed E-state index contributed by atoms with van der Waals surface area (Å²) >= 11 is 2.19. The van der Waals surface area contributed by atoms with Crippen LogP contribution in [0, 0.1) is 3.57 Å². The number of rotatable bonds is 2. The average Bonchev–Trinajstić information content (AvgIpc) is 2.39. The Labute approximate surface area is 113 Å². The van der Waals surface area contributed by atoms with Gasteiger partial charge in [-0.1, -0.05) is 18.2 Å². The van der Waals surface area contributed by atoms with Crippen LogP contribution in [-0.2, 0) is 0 Å². The molecule has 0 saturated heterocycles. The molecule has 0 saturated carbocycles. The molecule has 0 unspecified atom stereocenters. The van der Waals surface area contributed by atoms with Gasteiger partial charge in [-0.2, -0.15) is 0 Å². The molecule has 2 aromatic rings. The van der Waals surface area contributed by atoms with Crippen molar-refractivity contribution in [3.63, 3.8) is 0 Å². The first-order chi connectivity index (χ1) is 8.18. The van der Waals surface area contributed by atoms with Crippen LogP contribution in [0.25, 0.3) is 0 Å². The molecule has 0 aliphatic carbocycles. The second-order valence-corrected chi connectivity index (χ2v) is 4.76. The molecule has 2 aromatic carbocycles. The lowest BCUT2D eigenvalue weighted by atomic mass is 10.2. The van der Waals surface area contributed by atoms with E-state index < -0.39 is 0 Å². The molecule has 0 fully saturated rings. The maximum atomic E-state index is 12.1. The number of benzene rings is 2. The van der Waals surface area contributed by atoms with Gasteiger partial charge < -0.3 is 0 Å². The van der Waals surface area contributed by atoms with Gasteiger partial charge in [0.1, 0.15) is 0 Å². The highest BCUT2D eigenvalue weighted by molar-refractivity contribution is 14.1. The third-order valence-electron chi connectivity index (χ3n) is 2.34. The normalized spacial score (nSPS) is 10.0. The SMILES string of the molecule is NN(C(=O)c1ccc(I)cc1)c1ccccc1. The number of nitrogens with zero attached hydrogens (tertiary/aromatic N) is 1. The number of amides is 1. The van der Waals surface area contributed by atoms with Crippen molar-refractivity contribution in [1.82, 2.24) is 0 Å². The van der Waals surface area contributed by atoms with Crippen molar-refractivity contribution in [3.8, 4) is 0 Å². The molecule has 0 atom stereocenters. The first-order valence-corrected chi connectivity index (χ1v) is 6.16. The van der Waals surface area contributed by atoms with Crippen molar-refractivity contribution in [2.24, 2.45) is 5.84 Å². The van der Waals surface area contributed by atoms with E-state index in [9.17, 15) is 4.79 Å². The van der Waals surface area contributed by atoms with Crippen LogP contribution >= 0.6 is 22.6 Å². The first-order valence-electron chi connectivity index (χ1n) is 5.08. The highest BCUT2D eigenvalue weighted by atomic mass is 127. The zero-order valence-electron chi connectivity index (χ0n) is 9.01. The second-order valence-electron chi connectivity index (χ2n) is 3.52. The molecular formula is C13H11IN2O. The van der Waals surface area contributed by atoms with Crippen molar-refractivity contribution in [2.45, 2.75) is 0 Å². The molecular weight excluding hydrogens is 327 g/mol. The zero-order valence-corrected chi connectivity index (χ0v) is 11.2. The van der Waals surface area contributed by atoms with E-state index in [1.165, 1.54) is 0 Å². The van der Waals surface area contributed by atoms with E-state index in [-0.39, 0.29) is 5.91 Å². The minimum Gasteiger partial charge on any atom is -0.267 e. The summed E-state index contributed by atoms with van der Waals surface area (Å²) in [5.41, 5.74) is 1.26. The monoisotopic (exact) mass is 338 g/mol. The van der Waals surface area contributed by atoms with Gasteiger partial charge in [-0.25, -0.2) is 10.9 Å². The number of hydrazine groups is 1. The Balaban J connectivity index is 2.23. The number of hydrogen-bond donors (Lipinski definition) is 1. The third-order valence-corrected chi connectivity index (χ3v) is 3.06. The number of nitrogens with two attached hydrogens (primary N) is 1. The Bertz CT molecular complexity index is 511. The van der Waals surface area contributed by atoms with Crippen LogP contribution in [0.4, 0.5) is 5.69 Å². The van der Waals surface area contributed by atoms with Crippen molar-refractivity contribution in [2.75, 3.05) is 5.01 Å². The first kappa shape index (κ1) is 12.1. The van der Waals surface area contributed by atoms with Crippen LogP contribution in [0.15, 0.2) is 54.6 Å². The predicted octanol–water partition coefficient (Wildman–Crippen LogP) is 2.81. The number of hydrogen-bond acceptors (Lipinski definition) is 2. The number of halogens is 1. The van der Waals surface area contributed by atoms with E-state index in [1.807, 2.05) is 30.3 Å². The van der Waals surface area contributed by atoms with Crippen molar-refractivity contribution >= 4 is 34.2 Å². The maximum Gasteiger partial charge on any atom is 0.272 e. The van der Waals surface area contributed by atoms with Crippen LogP contribution < -0.4 is 10.9 Å². The molecule has 2 N–H and O–H groups in total. The second kappa shape index (κ2) is 5.29. The fourth-order valence-corrected chi connectivity index (χ4v) is 1.80. The molecule has 0 aromatic heterocycles. The van der Waals surface area contributed by atoms with E-state index >= 15 is 0 Å². The highest BCUT2D eigenvalue weighted by Gasteiger charge is 2.13. The summed E-state index contributed by atoms with van der Waals surface area (Å²) in [6.07, 6.45) is 0. The summed E-state index contributed by atoms with van der Waals surface area (Å²) in [6.45, 7) is 0. The van der Waals surface area contributed by atoms with Crippen LogP contribution in [0.3, 0.4) is 0 Å². The summed E-state index contributed by atoms with van der Waals surface area (Å²) in [7, 11) is 0. The summed E-state index contributed by atoms with van der Waals surface area (Å²) in [4.78, 5) is 12.1. The molecule has 0 bridgehead atoms. The van der Waals surface area contributed by atoms with Crippen LogP contribution in [-0.4, -0.2) is 5.91 Å². The van der Waals surface area contributed by atoms with Crippen LogP contribution in [0.2, 0.25) is 0 Å². The summed E-state index contributed by atoms with van der Waals surface area (Å²) in [5.74, 6) is 5.58. The lowest BCUT2D eigenvalue weighted by Gasteiger charge is -2.16. The molecule has 0 aliphatic heterocycles. The van der Waals surface area contributed by atoms with Gasteiger partial charge in [0, 0.05) is 9.13 Å². The lowest BCUT2D eigenvalue weighted by Crippen LogP contribution is -2.37. The van der Waals surface area contributed by atoms with E-state index in [4.69, 9.17) is 5.84 Å². The molecule has 0 heterocycles. The zero-order chi connectivity index (χ0) is 12.3. The van der Waals surface area contributed by atoms with Crippen molar-refractivity contribution in [3.05, 3.63) is 63.7 Å². The highest BCUT2D eigenvalue weighted by Crippen LogP contribution is 2.14. The lowest BCUT2D eigenvalue weighted by molar-refractivity contribution is 0.0987. The molecule has 0 spiro atoms. The number of carbonyl (C=O) groups excluding carboxylic acids is 1. The summed E-state index contributed by atoms with van der Waals surface area (Å²) in [5, 5.41) is 1.15. The van der Waals surface area contributed by atoms with Gasteiger partial charge in [-0.05, 0) is 59.0 Å². The van der Waals surface area contributed by atoms with Gasteiger partial charge in [0.25, 0.3) is 5.91 Å². The molecule has 1 amide bonds. The molecule has 3 nitrogen and oxygen atoms in total. The summed E-state index contributed by atoms with van der Waals surface area (Å²) in [6, 6.07) is 16.5. The van der Waals surface area contributed by atoms with Crippen LogP contribution in [0.5, 0.6) is 0 Å². The van der Waals surface area contributed by atoms with Gasteiger partial charge in [-0.15, -0.1) is 0 Å². The standard InChI is InChI=1S/C13H11IN2O/c14-11-8-6-10(7-9-11)13(17)16(15)12-4-2-1-3-5-12/h1-9H,15H2. The number of anilines is 1. The fraction of sp³-hybridized carbons (Fsp3) is 0. The minimum atomic E-state index is -0.215. The number of carbonyl (C=O) groups is 1. The van der Waals surface area contributed by atoms with Gasteiger partial charge in [0.05, 0.1) is 5.69 Å². The average molecular weight is 338 g/mol. The van der Waals surface area contributed by atoms with Crippen LogP contribution in [0.1, 0.15) is 10.4 Å². The Morgan fingerprint density at radius 2 is 1.59 bits per heavy atom. The van der Waals surface area contributed by atoms with Gasteiger partial charge >= 0.3 is 0 Å². The number of para-hydroxylation sites is 1. The molecule has 0 aliphatic rings.